The highest BCUT2D eigenvalue weighted by Gasteiger charge is 2.21. The molecule has 0 aliphatic heterocycles. The van der Waals surface area contributed by atoms with E-state index in [1.165, 1.54) is 0 Å². The molecule has 0 spiro atoms. The van der Waals surface area contributed by atoms with Crippen molar-refractivity contribution in [3.8, 4) is 0 Å². The zero-order valence-electron chi connectivity index (χ0n) is 10.5. The van der Waals surface area contributed by atoms with E-state index in [0.29, 0.717) is 0 Å². The number of aryl methyl sites for hydroxylation is 1. The van der Waals surface area contributed by atoms with Crippen LogP contribution in [0.1, 0.15) is 31.3 Å². The first-order valence-corrected chi connectivity index (χ1v) is 6.77. The Balaban J connectivity index is 2.44. The maximum Gasteiger partial charge on any atom is 0.115 e. The zero-order chi connectivity index (χ0) is 13.0. The minimum Gasteiger partial charge on any atom is -0.304 e. The fraction of sp³-hybridized carbons (Fsp3) is 0.417. The second-order valence-electron chi connectivity index (χ2n) is 3.82. The quantitative estimate of drug-likeness (QED) is 0.919. The smallest absolute Gasteiger partial charge is 0.115 e. The molecule has 0 bridgehead atoms. The summed E-state index contributed by atoms with van der Waals surface area (Å²) in [7, 11) is 0. The van der Waals surface area contributed by atoms with E-state index in [0.717, 1.165) is 29.0 Å². The second-order valence-corrected chi connectivity index (χ2v) is 4.67. The van der Waals surface area contributed by atoms with Gasteiger partial charge in [-0.15, -0.1) is 0 Å². The van der Waals surface area contributed by atoms with Crippen LogP contribution in [0.15, 0.2) is 29.3 Å². The van der Waals surface area contributed by atoms with Crippen molar-refractivity contribution in [3.05, 3.63) is 40.6 Å². The van der Waals surface area contributed by atoms with Crippen LogP contribution in [0.2, 0.25) is 0 Å². The van der Waals surface area contributed by atoms with Crippen LogP contribution in [0, 0.1) is 0 Å². The Morgan fingerprint density at radius 1 is 1.44 bits per heavy atom. The molecule has 6 heteroatoms. The summed E-state index contributed by atoms with van der Waals surface area (Å²) >= 11 is 3.56. The molecular formula is C12H16BrN5. The topological polar surface area (TPSA) is 55.6 Å². The highest BCUT2D eigenvalue weighted by Crippen LogP contribution is 2.27. The van der Waals surface area contributed by atoms with Crippen LogP contribution in [-0.4, -0.2) is 26.3 Å². The summed E-state index contributed by atoms with van der Waals surface area (Å²) in [4.78, 5) is 8.30. The van der Waals surface area contributed by atoms with E-state index in [-0.39, 0.29) is 6.04 Å². The van der Waals surface area contributed by atoms with E-state index in [2.05, 4.69) is 50.2 Å². The Bertz CT molecular complexity index is 496. The molecule has 0 radical (unpaired) electrons. The van der Waals surface area contributed by atoms with Crippen LogP contribution in [0.25, 0.3) is 0 Å². The van der Waals surface area contributed by atoms with Gasteiger partial charge < -0.3 is 5.32 Å². The SMILES string of the molecule is CCNC(c1ccncn1)c1c(Br)cnn1CC. The van der Waals surface area contributed by atoms with Crippen LogP contribution in [0.5, 0.6) is 0 Å². The number of hydrogen-bond donors (Lipinski definition) is 1. The van der Waals surface area contributed by atoms with Gasteiger partial charge in [-0.05, 0) is 35.5 Å². The number of rotatable bonds is 5. The fourth-order valence-electron chi connectivity index (χ4n) is 1.93. The van der Waals surface area contributed by atoms with Gasteiger partial charge in [0.15, 0.2) is 0 Å². The molecule has 0 aliphatic rings. The van der Waals surface area contributed by atoms with Crippen LogP contribution in [0.4, 0.5) is 0 Å². The molecule has 1 atom stereocenters. The zero-order valence-corrected chi connectivity index (χ0v) is 12.1. The minimum absolute atomic E-state index is 0.0230. The van der Waals surface area contributed by atoms with E-state index < -0.39 is 0 Å². The van der Waals surface area contributed by atoms with Gasteiger partial charge in [0.2, 0.25) is 0 Å². The molecule has 2 aromatic heterocycles. The van der Waals surface area contributed by atoms with E-state index in [4.69, 9.17) is 0 Å². The van der Waals surface area contributed by atoms with Crippen molar-refractivity contribution in [3.63, 3.8) is 0 Å². The lowest BCUT2D eigenvalue weighted by Gasteiger charge is -2.19. The predicted molar refractivity (Wildman–Crippen MR) is 73.2 cm³/mol. The summed E-state index contributed by atoms with van der Waals surface area (Å²) in [6.07, 6.45) is 5.15. The molecule has 0 saturated carbocycles. The Morgan fingerprint density at radius 2 is 2.28 bits per heavy atom. The fourth-order valence-corrected chi connectivity index (χ4v) is 2.45. The third-order valence-corrected chi connectivity index (χ3v) is 3.33. The molecule has 5 nitrogen and oxygen atoms in total. The molecule has 0 fully saturated rings. The Hall–Kier alpha value is -1.27. The summed E-state index contributed by atoms with van der Waals surface area (Å²) < 4.78 is 2.97. The predicted octanol–water partition coefficient (Wildman–Crippen LogP) is 2.15. The van der Waals surface area contributed by atoms with Gasteiger partial charge in [-0.2, -0.15) is 5.10 Å². The van der Waals surface area contributed by atoms with Gasteiger partial charge in [-0.3, -0.25) is 4.68 Å². The van der Waals surface area contributed by atoms with Gasteiger partial charge in [-0.1, -0.05) is 6.92 Å². The highest BCUT2D eigenvalue weighted by molar-refractivity contribution is 9.10. The van der Waals surface area contributed by atoms with E-state index >= 15 is 0 Å². The molecule has 0 aromatic carbocycles. The lowest BCUT2D eigenvalue weighted by Crippen LogP contribution is -2.26. The largest absolute Gasteiger partial charge is 0.304 e. The summed E-state index contributed by atoms with van der Waals surface area (Å²) in [5, 5.41) is 7.78. The average Bonchev–Trinajstić information content (AvgIpc) is 2.78. The normalized spacial score (nSPS) is 12.6. The van der Waals surface area contributed by atoms with Gasteiger partial charge in [0.1, 0.15) is 6.33 Å². The number of hydrogen-bond acceptors (Lipinski definition) is 4. The van der Waals surface area contributed by atoms with Crippen LogP contribution in [0.3, 0.4) is 0 Å². The molecule has 1 N–H and O–H groups in total. The molecule has 0 amide bonds. The molecule has 2 rings (SSSR count). The Morgan fingerprint density at radius 3 is 2.89 bits per heavy atom. The summed E-state index contributed by atoms with van der Waals surface area (Å²) in [6, 6.07) is 1.95. The molecule has 2 aromatic rings. The monoisotopic (exact) mass is 309 g/mol. The van der Waals surface area contributed by atoms with Crippen molar-refractivity contribution >= 4 is 15.9 Å². The van der Waals surface area contributed by atoms with E-state index in [1.54, 1.807) is 12.5 Å². The maximum absolute atomic E-state index is 4.35. The molecule has 2 heterocycles. The number of aromatic nitrogens is 4. The first kappa shape index (κ1) is 13.2. The lowest BCUT2D eigenvalue weighted by atomic mass is 10.1. The first-order valence-electron chi connectivity index (χ1n) is 5.98. The number of halogens is 1. The minimum atomic E-state index is 0.0230. The standard InChI is InChI=1S/C12H16BrN5/c1-3-15-11(10-5-6-14-8-16-10)12-9(13)7-17-18(12)4-2/h5-8,11,15H,3-4H2,1-2H3. The van der Waals surface area contributed by atoms with E-state index in [9.17, 15) is 0 Å². The highest BCUT2D eigenvalue weighted by atomic mass is 79.9. The van der Waals surface area contributed by atoms with Crippen LogP contribution in [-0.2, 0) is 6.54 Å². The third kappa shape index (κ3) is 2.59. The van der Waals surface area contributed by atoms with Crippen molar-refractivity contribution in [1.29, 1.82) is 0 Å². The van der Waals surface area contributed by atoms with Crippen molar-refractivity contribution in [1.82, 2.24) is 25.1 Å². The second kappa shape index (κ2) is 6.06. The summed E-state index contributed by atoms with van der Waals surface area (Å²) in [6.45, 7) is 5.84. The number of nitrogens with zero attached hydrogens (tertiary/aromatic N) is 4. The third-order valence-electron chi connectivity index (χ3n) is 2.72. The van der Waals surface area contributed by atoms with Crippen LogP contribution >= 0.6 is 15.9 Å². The Labute approximate surface area is 115 Å². The van der Waals surface area contributed by atoms with Crippen molar-refractivity contribution < 1.29 is 0 Å². The van der Waals surface area contributed by atoms with Gasteiger partial charge in [0.05, 0.1) is 28.1 Å². The molecule has 18 heavy (non-hydrogen) atoms. The van der Waals surface area contributed by atoms with Gasteiger partial charge in [0, 0.05) is 12.7 Å². The molecular weight excluding hydrogens is 294 g/mol. The van der Waals surface area contributed by atoms with E-state index in [1.807, 2.05) is 16.9 Å². The van der Waals surface area contributed by atoms with Gasteiger partial charge in [0.25, 0.3) is 0 Å². The van der Waals surface area contributed by atoms with Crippen molar-refractivity contribution in [2.75, 3.05) is 6.54 Å². The summed E-state index contributed by atoms with van der Waals surface area (Å²) in [5.74, 6) is 0. The molecule has 96 valence electrons. The van der Waals surface area contributed by atoms with Crippen molar-refractivity contribution in [2.24, 2.45) is 0 Å². The van der Waals surface area contributed by atoms with Gasteiger partial charge >= 0.3 is 0 Å². The molecule has 0 aliphatic carbocycles. The molecule has 0 saturated heterocycles. The first-order chi connectivity index (χ1) is 8.77. The van der Waals surface area contributed by atoms with Gasteiger partial charge in [-0.25, -0.2) is 9.97 Å². The Kier molecular flexibility index (Phi) is 4.43. The summed E-state index contributed by atoms with van der Waals surface area (Å²) in [5.41, 5.74) is 2.04. The number of nitrogens with one attached hydrogen (secondary N) is 1. The maximum atomic E-state index is 4.35. The van der Waals surface area contributed by atoms with Crippen molar-refractivity contribution in [2.45, 2.75) is 26.4 Å². The molecule has 1 unspecified atom stereocenters. The van der Waals surface area contributed by atoms with Crippen LogP contribution < -0.4 is 5.32 Å². The average molecular weight is 310 g/mol. The lowest BCUT2D eigenvalue weighted by molar-refractivity contribution is 0.532.